The monoisotopic (exact) mass is 742 g/mol. The zero-order valence-electron chi connectivity index (χ0n) is 27.6. The van der Waals surface area contributed by atoms with Crippen molar-refractivity contribution in [3.05, 3.63) is 11.6 Å². The fourth-order valence-corrected chi connectivity index (χ4v) is 9.46. The number of sulfonamides is 1. The SMILES string of the molecule is CCN[C@H]1CN(CCCOC)S(=O)(=O)c2sc(S(=O)(=O)CC(=O)[C@H](C)OC(=O)[C@H](C)OC(=O)[C@H](C)OC(=O)[C@H](C)OC(=O)[C@H](C)O)cc21. The number of carbonyl (C=O) groups is 5. The van der Waals surface area contributed by atoms with Gasteiger partial charge in [-0.15, -0.1) is 11.3 Å². The number of sulfone groups is 1. The van der Waals surface area contributed by atoms with Gasteiger partial charge in [-0.05, 0) is 53.7 Å². The number of carbonyl (C=O) groups excluding carboxylic acids is 5. The number of aliphatic hydroxyl groups excluding tert-OH is 1. The molecule has 2 heterocycles. The van der Waals surface area contributed by atoms with Crippen LogP contribution in [-0.2, 0) is 67.5 Å². The van der Waals surface area contributed by atoms with Gasteiger partial charge in [-0.1, -0.05) is 6.92 Å². The van der Waals surface area contributed by atoms with Gasteiger partial charge in [0.25, 0.3) is 10.0 Å². The average molecular weight is 743 g/mol. The molecule has 0 amide bonds. The first-order valence-electron chi connectivity index (χ1n) is 14.9. The summed E-state index contributed by atoms with van der Waals surface area (Å²) in [6.07, 6.45) is -7.30. The Kier molecular flexibility index (Phi) is 15.1. The van der Waals surface area contributed by atoms with Crippen molar-refractivity contribution in [2.24, 2.45) is 0 Å². The number of hydrogen-bond donors (Lipinski definition) is 2. The highest BCUT2D eigenvalue weighted by molar-refractivity contribution is 7.95. The highest BCUT2D eigenvalue weighted by Gasteiger charge is 2.40. The van der Waals surface area contributed by atoms with E-state index in [2.05, 4.69) is 10.1 Å². The van der Waals surface area contributed by atoms with Gasteiger partial charge in [-0.3, -0.25) is 4.79 Å². The Bertz CT molecular complexity index is 1550. The molecule has 1 aromatic rings. The lowest BCUT2D eigenvalue weighted by molar-refractivity contribution is -0.184. The van der Waals surface area contributed by atoms with Gasteiger partial charge in [0.2, 0.25) is 0 Å². The molecule has 0 fully saturated rings. The minimum Gasteiger partial charge on any atom is -0.452 e. The van der Waals surface area contributed by atoms with Crippen molar-refractivity contribution in [2.75, 3.05) is 39.1 Å². The quantitative estimate of drug-likeness (QED) is 0.113. The van der Waals surface area contributed by atoms with E-state index in [0.29, 0.717) is 30.9 Å². The molecule has 2 rings (SSSR count). The highest BCUT2D eigenvalue weighted by atomic mass is 32.3. The Hall–Kier alpha value is -3.01. The molecule has 272 valence electrons. The van der Waals surface area contributed by atoms with Gasteiger partial charge >= 0.3 is 23.9 Å². The molecule has 2 N–H and O–H groups in total. The number of Topliss-reactive ketones (excluding diaryl/α,β-unsaturated/α-hetero) is 1. The van der Waals surface area contributed by atoms with Crippen LogP contribution in [0.1, 0.15) is 59.6 Å². The lowest BCUT2D eigenvalue weighted by atomic mass is 10.1. The Balaban J connectivity index is 2.05. The molecule has 17 nitrogen and oxygen atoms in total. The van der Waals surface area contributed by atoms with Crippen molar-refractivity contribution in [3.63, 3.8) is 0 Å². The number of ether oxygens (including phenoxy) is 5. The number of nitrogens with one attached hydrogen (secondary N) is 1. The number of fused-ring (bicyclic) bond motifs is 1. The second kappa shape index (κ2) is 17.6. The molecule has 0 radical (unpaired) electrons. The van der Waals surface area contributed by atoms with Crippen LogP contribution in [0.4, 0.5) is 0 Å². The lowest BCUT2D eigenvalue weighted by Crippen LogP contribution is -2.43. The first kappa shape index (κ1) is 41.2. The van der Waals surface area contributed by atoms with E-state index in [0.717, 1.165) is 34.6 Å². The Morgan fingerprint density at radius 1 is 0.938 bits per heavy atom. The maximum Gasteiger partial charge on any atom is 0.347 e. The van der Waals surface area contributed by atoms with Crippen molar-refractivity contribution in [3.8, 4) is 0 Å². The number of rotatable bonds is 18. The van der Waals surface area contributed by atoms with Crippen LogP contribution >= 0.6 is 11.3 Å². The number of likely N-dealkylation sites (N-methyl/N-ethyl adjacent to an activating group) is 1. The average Bonchev–Trinajstić information content (AvgIpc) is 3.47. The smallest absolute Gasteiger partial charge is 0.347 e. The van der Waals surface area contributed by atoms with Crippen LogP contribution in [0.5, 0.6) is 0 Å². The van der Waals surface area contributed by atoms with E-state index < -0.39 is 91.8 Å². The minimum atomic E-state index is -4.38. The summed E-state index contributed by atoms with van der Waals surface area (Å²) < 4.78 is 78.4. The van der Waals surface area contributed by atoms with Gasteiger partial charge in [0.15, 0.2) is 40.0 Å². The minimum absolute atomic E-state index is 0.0809. The number of thiophene rings is 1. The number of ketones is 1. The van der Waals surface area contributed by atoms with Crippen molar-refractivity contribution in [2.45, 2.75) is 92.9 Å². The van der Waals surface area contributed by atoms with E-state index >= 15 is 0 Å². The van der Waals surface area contributed by atoms with Crippen LogP contribution in [0.3, 0.4) is 0 Å². The van der Waals surface area contributed by atoms with Crippen molar-refractivity contribution >= 4 is 60.9 Å². The Morgan fingerprint density at radius 3 is 1.92 bits per heavy atom. The Morgan fingerprint density at radius 2 is 1.44 bits per heavy atom. The van der Waals surface area contributed by atoms with Gasteiger partial charge in [-0.25, -0.2) is 36.0 Å². The molecular formula is C28H42N2O15S3. The van der Waals surface area contributed by atoms with E-state index in [1.807, 2.05) is 6.92 Å². The molecule has 20 heteroatoms. The summed E-state index contributed by atoms with van der Waals surface area (Å²) in [6, 6.07) is 0.752. The molecule has 0 aliphatic carbocycles. The lowest BCUT2D eigenvalue weighted by Gasteiger charge is -2.32. The van der Waals surface area contributed by atoms with Crippen molar-refractivity contribution in [1.29, 1.82) is 0 Å². The number of aliphatic hydroxyl groups is 1. The molecule has 0 bridgehead atoms. The van der Waals surface area contributed by atoms with E-state index in [1.165, 1.54) is 17.5 Å². The van der Waals surface area contributed by atoms with Gasteiger partial charge in [0.05, 0.1) is 0 Å². The summed E-state index contributed by atoms with van der Waals surface area (Å²) in [4.78, 5) is 61.2. The third-order valence-corrected chi connectivity index (χ3v) is 12.6. The third kappa shape index (κ3) is 10.7. The molecule has 1 aromatic heterocycles. The largest absolute Gasteiger partial charge is 0.452 e. The standard InChI is InChI=1S/C28H42N2O15S3/c1-8-29-21-13-30(10-9-11-41-7)48(39,40)28-20(21)12-23(46-28)47(37,38)14-22(32)16(3)42-25(34)18(5)44-27(36)19(6)45-26(35)17(4)43-24(33)15(2)31/h12,15-19,21,29,31H,8-11,13-14H2,1-7H3/t15-,16-,17-,18-,19-,21-/m0/s1. The van der Waals surface area contributed by atoms with Crippen LogP contribution < -0.4 is 5.32 Å². The predicted octanol–water partition coefficient (Wildman–Crippen LogP) is -0.110. The highest BCUT2D eigenvalue weighted by Crippen LogP contribution is 2.40. The zero-order chi connectivity index (χ0) is 36.6. The number of esters is 4. The van der Waals surface area contributed by atoms with E-state index in [1.54, 1.807) is 0 Å². The fourth-order valence-electron chi connectivity index (χ4n) is 4.17. The van der Waals surface area contributed by atoms with Crippen LogP contribution in [0.25, 0.3) is 0 Å². The van der Waals surface area contributed by atoms with E-state index in [9.17, 15) is 40.8 Å². The molecule has 1 aliphatic rings. The third-order valence-electron chi connectivity index (χ3n) is 6.85. The van der Waals surface area contributed by atoms with Gasteiger partial charge < -0.3 is 34.1 Å². The van der Waals surface area contributed by atoms with Crippen LogP contribution in [0, 0.1) is 0 Å². The van der Waals surface area contributed by atoms with Crippen molar-refractivity contribution in [1.82, 2.24) is 9.62 Å². The summed E-state index contributed by atoms with van der Waals surface area (Å²) in [5.74, 6) is -6.76. The normalized spacial score (nSPS) is 19.1. The molecule has 6 atom stereocenters. The first-order chi connectivity index (χ1) is 22.3. The summed E-state index contributed by atoms with van der Waals surface area (Å²) in [6.45, 7) is 8.49. The van der Waals surface area contributed by atoms with Crippen LogP contribution in [0.2, 0.25) is 0 Å². The number of hydrogen-bond acceptors (Lipinski definition) is 17. The molecule has 0 unspecified atom stereocenters. The van der Waals surface area contributed by atoms with Crippen LogP contribution in [0.15, 0.2) is 14.5 Å². The maximum absolute atomic E-state index is 13.3. The summed E-state index contributed by atoms with van der Waals surface area (Å²) in [5.41, 5.74) is 0.279. The predicted molar refractivity (Wildman–Crippen MR) is 167 cm³/mol. The molecule has 0 aromatic carbocycles. The van der Waals surface area contributed by atoms with Crippen LogP contribution in [-0.4, -0.2) is 126 Å². The molecule has 0 saturated heterocycles. The van der Waals surface area contributed by atoms with Gasteiger partial charge in [0, 0.05) is 38.4 Å². The summed E-state index contributed by atoms with van der Waals surface area (Å²) in [5, 5.41) is 12.3. The fraction of sp³-hybridized carbons (Fsp3) is 0.679. The molecular weight excluding hydrogens is 701 g/mol. The molecule has 0 spiro atoms. The molecule has 0 saturated carbocycles. The maximum atomic E-state index is 13.3. The Labute approximate surface area is 283 Å². The second-order valence-corrected chi connectivity index (χ2v) is 16.2. The number of methoxy groups -OCH3 is 1. The zero-order valence-corrected chi connectivity index (χ0v) is 30.1. The second-order valence-electron chi connectivity index (χ2n) is 10.8. The summed E-state index contributed by atoms with van der Waals surface area (Å²) >= 11 is 0.536. The number of nitrogens with zero attached hydrogens (tertiary/aromatic N) is 1. The van der Waals surface area contributed by atoms with E-state index in [-0.39, 0.29) is 27.1 Å². The van der Waals surface area contributed by atoms with Gasteiger partial charge in [0.1, 0.15) is 20.3 Å². The summed E-state index contributed by atoms with van der Waals surface area (Å²) in [7, 11) is -6.90. The molecule has 1 aliphatic heterocycles. The van der Waals surface area contributed by atoms with E-state index in [4.69, 9.17) is 24.1 Å². The van der Waals surface area contributed by atoms with Crippen molar-refractivity contribution < 1.29 is 69.6 Å². The van der Waals surface area contributed by atoms with Gasteiger partial charge in [-0.2, -0.15) is 4.31 Å². The molecule has 48 heavy (non-hydrogen) atoms. The first-order valence-corrected chi connectivity index (χ1v) is 18.8. The topological polar surface area (TPSA) is 235 Å².